The molecule has 0 saturated carbocycles. The summed E-state index contributed by atoms with van der Waals surface area (Å²) in [6.07, 6.45) is 0.656. The summed E-state index contributed by atoms with van der Waals surface area (Å²) in [6, 6.07) is 16.5. The second-order valence-corrected chi connectivity index (χ2v) is 6.67. The molecule has 0 aliphatic carbocycles. The zero-order valence-electron chi connectivity index (χ0n) is 15.0. The van der Waals surface area contributed by atoms with Gasteiger partial charge in [-0.2, -0.15) is 5.10 Å². The molecule has 2 aromatic carbocycles. The van der Waals surface area contributed by atoms with Gasteiger partial charge in [0.25, 0.3) is 5.91 Å². The molecule has 1 unspecified atom stereocenters. The Bertz CT molecular complexity index is 1040. The lowest BCUT2D eigenvalue weighted by atomic mass is 10.1. The number of nitrogens with zero attached hydrogens (tertiary/aromatic N) is 1. The summed E-state index contributed by atoms with van der Waals surface area (Å²) in [4.78, 5) is 12.2. The summed E-state index contributed by atoms with van der Waals surface area (Å²) in [5.74, 6) is 1.91. The van der Waals surface area contributed by atoms with Gasteiger partial charge < -0.3 is 13.9 Å². The van der Waals surface area contributed by atoms with E-state index in [0.717, 1.165) is 11.1 Å². The third kappa shape index (κ3) is 3.87. The second-order valence-electron chi connectivity index (χ2n) is 6.26. The molecule has 1 N–H and O–H groups in total. The van der Waals surface area contributed by atoms with E-state index in [9.17, 15) is 4.79 Å². The fraction of sp³-hybridized carbons (Fsp3) is 0.143. The third-order valence-electron chi connectivity index (χ3n) is 4.25. The Labute approximate surface area is 166 Å². The predicted octanol–water partition coefficient (Wildman–Crippen LogP) is 4.20. The van der Waals surface area contributed by atoms with Crippen LogP contribution in [0.25, 0.3) is 11.3 Å². The zero-order chi connectivity index (χ0) is 19.5. The largest absolute Gasteiger partial charge is 0.485 e. The first-order chi connectivity index (χ1) is 13.6. The molecule has 0 bridgehead atoms. The fourth-order valence-electron chi connectivity index (χ4n) is 2.70. The number of furan rings is 1. The average Bonchev–Trinajstić information content (AvgIpc) is 3.18. The van der Waals surface area contributed by atoms with Gasteiger partial charge in [0.2, 0.25) is 6.10 Å². The zero-order valence-corrected chi connectivity index (χ0v) is 15.8. The number of fused-ring (bicyclic) bond motifs is 1. The Kier molecular flexibility index (Phi) is 5.04. The standard InChI is InChI=1S/C21H17ClN2O4/c1-13-6-7-14(10-16(13)22)17-9-8-15(27-17)11-23-24-21(25)20-12-26-18-4-2-3-5-19(18)28-20/h2-11,20H,12H2,1H3,(H,24,25)/b23-11-. The molecule has 7 heteroatoms. The molecule has 1 aliphatic heterocycles. The Hall–Kier alpha value is -3.25. The molecule has 0 spiro atoms. The molecule has 2 heterocycles. The van der Waals surface area contributed by atoms with Gasteiger partial charge in [-0.3, -0.25) is 4.79 Å². The second kappa shape index (κ2) is 7.78. The van der Waals surface area contributed by atoms with Crippen LogP contribution in [0.2, 0.25) is 5.02 Å². The summed E-state index contributed by atoms with van der Waals surface area (Å²) in [6.45, 7) is 2.06. The number of hydrazone groups is 1. The Morgan fingerprint density at radius 1 is 1.18 bits per heavy atom. The van der Waals surface area contributed by atoms with Crippen molar-refractivity contribution in [3.8, 4) is 22.8 Å². The third-order valence-corrected chi connectivity index (χ3v) is 4.66. The quantitative estimate of drug-likeness (QED) is 0.530. The molecule has 0 fully saturated rings. The van der Waals surface area contributed by atoms with E-state index in [4.69, 9.17) is 25.5 Å². The van der Waals surface area contributed by atoms with Crippen LogP contribution in [-0.2, 0) is 4.79 Å². The topological polar surface area (TPSA) is 73.1 Å². The Morgan fingerprint density at radius 3 is 2.82 bits per heavy atom. The number of benzene rings is 2. The maximum absolute atomic E-state index is 12.2. The van der Waals surface area contributed by atoms with E-state index in [0.29, 0.717) is 28.0 Å². The molecule has 0 saturated heterocycles. The van der Waals surface area contributed by atoms with Crippen molar-refractivity contribution in [2.75, 3.05) is 6.61 Å². The van der Waals surface area contributed by atoms with Crippen molar-refractivity contribution in [3.05, 3.63) is 70.9 Å². The lowest BCUT2D eigenvalue weighted by Gasteiger charge is -2.24. The first-order valence-corrected chi connectivity index (χ1v) is 9.06. The van der Waals surface area contributed by atoms with Crippen LogP contribution < -0.4 is 14.9 Å². The van der Waals surface area contributed by atoms with E-state index in [1.165, 1.54) is 6.21 Å². The van der Waals surface area contributed by atoms with Crippen molar-refractivity contribution in [2.24, 2.45) is 5.10 Å². The number of amides is 1. The number of carbonyl (C=O) groups is 1. The van der Waals surface area contributed by atoms with Crippen LogP contribution in [0.1, 0.15) is 11.3 Å². The van der Waals surface area contributed by atoms with E-state index in [1.807, 2.05) is 43.3 Å². The molecule has 1 aromatic heterocycles. The first kappa shape index (κ1) is 18.1. The number of para-hydroxylation sites is 2. The molecule has 142 valence electrons. The van der Waals surface area contributed by atoms with Gasteiger partial charge in [0.1, 0.15) is 18.1 Å². The molecule has 3 aromatic rings. The highest BCUT2D eigenvalue weighted by molar-refractivity contribution is 6.31. The van der Waals surface area contributed by atoms with Gasteiger partial charge in [0.05, 0.1) is 6.21 Å². The number of carbonyl (C=O) groups excluding carboxylic acids is 1. The van der Waals surface area contributed by atoms with Crippen molar-refractivity contribution in [1.82, 2.24) is 5.43 Å². The minimum Gasteiger partial charge on any atom is -0.485 e. The lowest BCUT2D eigenvalue weighted by molar-refractivity contribution is -0.130. The van der Waals surface area contributed by atoms with Gasteiger partial charge in [0.15, 0.2) is 11.5 Å². The van der Waals surface area contributed by atoms with Gasteiger partial charge in [-0.05, 0) is 42.8 Å². The minimum absolute atomic E-state index is 0.122. The van der Waals surface area contributed by atoms with Crippen LogP contribution in [0.5, 0.6) is 11.5 Å². The van der Waals surface area contributed by atoms with Crippen LogP contribution >= 0.6 is 11.6 Å². The van der Waals surface area contributed by atoms with E-state index in [-0.39, 0.29) is 6.61 Å². The molecule has 1 atom stereocenters. The van der Waals surface area contributed by atoms with Crippen molar-refractivity contribution < 1.29 is 18.7 Å². The maximum Gasteiger partial charge on any atom is 0.284 e. The fourth-order valence-corrected chi connectivity index (χ4v) is 2.88. The van der Waals surface area contributed by atoms with Crippen LogP contribution in [0.3, 0.4) is 0 Å². The lowest BCUT2D eigenvalue weighted by Crippen LogP contribution is -2.42. The van der Waals surface area contributed by atoms with Crippen molar-refractivity contribution >= 4 is 23.7 Å². The molecule has 0 radical (unpaired) electrons. The number of hydrogen-bond acceptors (Lipinski definition) is 5. The summed E-state index contributed by atoms with van der Waals surface area (Å²) in [7, 11) is 0. The molecule has 6 nitrogen and oxygen atoms in total. The Morgan fingerprint density at radius 2 is 2.00 bits per heavy atom. The number of rotatable bonds is 4. The van der Waals surface area contributed by atoms with E-state index >= 15 is 0 Å². The monoisotopic (exact) mass is 396 g/mol. The number of hydrogen-bond donors (Lipinski definition) is 1. The summed E-state index contributed by atoms with van der Waals surface area (Å²) in [5.41, 5.74) is 4.31. The number of ether oxygens (including phenoxy) is 2. The molecule has 1 amide bonds. The SMILES string of the molecule is Cc1ccc(-c2ccc(/C=N\NC(=O)C3COc4ccccc4O3)o2)cc1Cl. The molecular weight excluding hydrogens is 380 g/mol. The van der Waals surface area contributed by atoms with Crippen molar-refractivity contribution in [2.45, 2.75) is 13.0 Å². The summed E-state index contributed by atoms with van der Waals surface area (Å²) < 4.78 is 16.9. The highest BCUT2D eigenvalue weighted by atomic mass is 35.5. The van der Waals surface area contributed by atoms with Crippen molar-refractivity contribution in [1.29, 1.82) is 0 Å². The first-order valence-electron chi connectivity index (χ1n) is 8.68. The van der Waals surface area contributed by atoms with E-state index in [1.54, 1.807) is 18.2 Å². The minimum atomic E-state index is -0.770. The Balaban J connectivity index is 1.37. The highest BCUT2D eigenvalue weighted by Crippen LogP contribution is 2.31. The van der Waals surface area contributed by atoms with E-state index in [2.05, 4.69) is 10.5 Å². The van der Waals surface area contributed by atoms with Gasteiger partial charge >= 0.3 is 0 Å². The smallest absolute Gasteiger partial charge is 0.284 e. The summed E-state index contributed by atoms with van der Waals surface area (Å²) >= 11 is 6.16. The molecule has 28 heavy (non-hydrogen) atoms. The molecule has 4 rings (SSSR count). The number of aryl methyl sites for hydroxylation is 1. The van der Waals surface area contributed by atoms with E-state index < -0.39 is 12.0 Å². The van der Waals surface area contributed by atoms with Crippen LogP contribution in [0.15, 0.2) is 64.1 Å². The maximum atomic E-state index is 12.2. The van der Waals surface area contributed by atoms with Gasteiger partial charge in [-0.25, -0.2) is 5.43 Å². The average molecular weight is 397 g/mol. The predicted molar refractivity (Wildman–Crippen MR) is 106 cm³/mol. The van der Waals surface area contributed by atoms with Crippen molar-refractivity contribution in [3.63, 3.8) is 0 Å². The van der Waals surface area contributed by atoms with Crippen LogP contribution in [-0.4, -0.2) is 24.8 Å². The van der Waals surface area contributed by atoms with Crippen LogP contribution in [0.4, 0.5) is 0 Å². The number of nitrogens with one attached hydrogen (secondary N) is 1. The highest BCUT2D eigenvalue weighted by Gasteiger charge is 2.27. The van der Waals surface area contributed by atoms with Gasteiger partial charge in [0, 0.05) is 10.6 Å². The van der Waals surface area contributed by atoms with Gasteiger partial charge in [-0.1, -0.05) is 35.9 Å². The summed E-state index contributed by atoms with van der Waals surface area (Å²) in [5, 5.41) is 4.61. The number of halogens is 1. The molecule has 1 aliphatic rings. The normalized spacial score (nSPS) is 15.6. The van der Waals surface area contributed by atoms with Crippen LogP contribution in [0, 0.1) is 6.92 Å². The van der Waals surface area contributed by atoms with Gasteiger partial charge in [-0.15, -0.1) is 0 Å². The molecular formula is C21H17ClN2O4.